The molecule has 2 rings (SSSR count). The summed E-state index contributed by atoms with van der Waals surface area (Å²) in [5.41, 5.74) is 1.21. The maximum atomic E-state index is 12.9. The Hall–Kier alpha value is -1.86. The van der Waals surface area contributed by atoms with Crippen LogP contribution in [0.2, 0.25) is 0 Å². The Morgan fingerprint density at radius 3 is 2.74 bits per heavy atom. The Morgan fingerprint density at radius 2 is 2.11 bits per heavy atom. The van der Waals surface area contributed by atoms with E-state index in [0.29, 0.717) is 24.3 Å². The van der Waals surface area contributed by atoms with Gasteiger partial charge in [-0.1, -0.05) is 6.07 Å². The van der Waals surface area contributed by atoms with Gasteiger partial charge in [0, 0.05) is 18.5 Å². The molecule has 1 heterocycles. The molecule has 0 saturated carbocycles. The third kappa shape index (κ3) is 3.55. The van der Waals surface area contributed by atoms with Gasteiger partial charge in [-0.3, -0.25) is 0 Å². The van der Waals surface area contributed by atoms with Crippen molar-refractivity contribution in [2.45, 2.75) is 13.1 Å². The largest absolute Gasteiger partial charge is 0.476 e. The molecule has 0 fully saturated rings. The molecule has 0 amide bonds. The average molecular weight is 284 g/mol. The third-order valence-electron chi connectivity index (χ3n) is 2.35. The Kier molecular flexibility index (Phi) is 4.18. The fourth-order valence-corrected chi connectivity index (χ4v) is 2.13. The van der Waals surface area contributed by atoms with E-state index in [2.05, 4.69) is 10.3 Å². The van der Waals surface area contributed by atoms with Crippen LogP contribution in [0.3, 0.4) is 0 Å². The fraction of sp³-hybridized carbons (Fsp3) is 0.167. The van der Waals surface area contributed by atoms with Crippen LogP contribution in [0, 0.1) is 11.6 Å². The maximum absolute atomic E-state index is 12.9. The molecule has 19 heavy (non-hydrogen) atoms. The first-order chi connectivity index (χ1) is 9.06. The molecule has 1 aromatic heterocycles. The molecule has 100 valence electrons. The van der Waals surface area contributed by atoms with Crippen LogP contribution in [0.4, 0.5) is 8.78 Å². The zero-order chi connectivity index (χ0) is 13.8. The highest BCUT2D eigenvalue weighted by atomic mass is 32.1. The number of thiazole rings is 1. The van der Waals surface area contributed by atoms with Gasteiger partial charge in [0.25, 0.3) is 0 Å². The second-order valence-corrected chi connectivity index (χ2v) is 4.66. The van der Waals surface area contributed by atoms with Crippen LogP contribution >= 0.6 is 11.3 Å². The van der Waals surface area contributed by atoms with Gasteiger partial charge in [-0.25, -0.2) is 18.6 Å². The van der Waals surface area contributed by atoms with E-state index in [0.717, 1.165) is 23.5 Å². The van der Waals surface area contributed by atoms with Crippen LogP contribution in [0.25, 0.3) is 0 Å². The van der Waals surface area contributed by atoms with Crippen LogP contribution in [0.1, 0.15) is 21.1 Å². The van der Waals surface area contributed by atoms with E-state index in [4.69, 9.17) is 5.11 Å². The molecule has 1 aromatic carbocycles. The molecule has 2 aromatic rings. The number of halogens is 2. The number of nitrogens with zero attached hydrogens (tertiary/aromatic N) is 1. The van der Waals surface area contributed by atoms with Crippen molar-refractivity contribution in [3.8, 4) is 0 Å². The standard InChI is InChI=1S/C12H10F2N2O2S/c13-9-2-1-7(3-10(9)14)4-15-5-8-6-19-11(16-8)12(17)18/h1-3,6,15H,4-5H2,(H,17,18). The van der Waals surface area contributed by atoms with Gasteiger partial charge in [0.1, 0.15) is 0 Å². The minimum atomic E-state index is -1.06. The lowest BCUT2D eigenvalue weighted by atomic mass is 10.2. The quantitative estimate of drug-likeness (QED) is 0.885. The molecule has 4 nitrogen and oxygen atoms in total. The maximum Gasteiger partial charge on any atom is 0.365 e. The zero-order valence-corrected chi connectivity index (χ0v) is 10.5. The molecule has 0 radical (unpaired) electrons. The summed E-state index contributed by atoms with van der Waals surface area (Å²) in [6.45, 7) is 0.708. The van der Waals surface area contributed by atoms with Gasteiger partial charge in [-0.15, -0.1) is 11.3 Å². The van der Waals surface area contributed by atoms with Crippen LogP contribution < -0.4 is 5.32 Å². The van der Waals surface area contributed by atoms with Crippen LogP contribution in [0.15, 0.2) is 23.6 Å². The Balaban J connectivity index is 1.88. The van der Waals surface area contributed by atoms with E-state index >= 15 is 0 Å². The van der Waals surface area contributed by atoms with Crippen LogP contribution in [-0.2, 0) is 13.1 Å². The van der Waals surface area contributed by atoms with Crippen molar-refractivity contribution < 1.29 is 18.7 Å². The third-order valence-corrected chi connectivity index (χ3v) is 3.23. The molecule has 0 aliphatic heterocycles. The van der Waals surface area contributed by atoms with Crippen molar-refractivity contribution >= 4 is 17.3 Å². The summed E-state index contributed by atoms with van der Waals surface area (Å²) < 4.78 is 25.6. The van der Waals surface area contributed by atoms with E-state index in [1.54, 1.807) is 5.38 Å². The van der Waals surface area contributed by atoms with Gasteiger partial charge in [0.05, 0.1) is 5.69 Å². The number of hydrogen-bond acceptors (Lipinski definition) is 4. The molecule has 7 heteroatoms. The summed E-state index contributed by atoms with van der Waals surface area (Å²) in [6, 6.07) is 3.67. The van der Waals surface area contributed by atoms with Crippen molar-refractivity contribution in [2.24, 2.45) is 0 Å². The van der Waals surface area contributed by atoms with Gasteiger partial charge in [-0.05, 0) is 17.7 Å². The lowest BCUT2D eigenvalue weighted by Gasteiger charge is -2.03. The Labute approximate surface area is 111 Å². The number of benzene rings is 1. The number of nitrogens with one attached hydrogen (secondary N) is 1. The molecular weight excluding hydrogens is 274 g/mol. The topological polar surface area (TPSA) is 62.2 Å². The van der Waals surface area contributed by atoms with Gasteiger partial charge < -0.3 is 10.4 Å². The molecule has 0 saturated heterocycles. The minimum absolute atomic E-state index is 0.0321. The summed E-state index contributed by atoms with van der Waals surface area (Å²) in [4.78, 5) is 14.5. The minimum Gasteiger partial charge on any atom is -0.476 e. The van der Waals surface area contributed by atoms with Crippen molar-refractivity contribution in [1.29, 1.82) is 0 Å². The summed E-state index contributed by atoms with van der Waals surface area (Å²) >= 11 is 1.05. The van der Waals surface area contributed by atoms with E-state index in [-0.39, 0.29) is 5.01 Å². The second kappa shape index (κ2) is 5.85. The number of hydrogen-bond donors (Lipinski definition) is 2. The molecule has 2 N–H and O–H groups in total. The molecule has 0 unspecified atom stereocenters. The number of carboxylic acid groups (broad SMARTS) is 1. The average Bonchev–Trinajstić information content (AvgIpc) is 2.83. The normalized spacial score (nSPS) is 10.6. The lowest BCUT2D eigenvalue weighted by molar-refractivity contribution is 0.0696. The monoisotopic (exact) mass is 284 g/mol. The number of carbonyl (C=O) groups is 1. The molecule has 0 spiro atoms. The summed E-state index contributed by atoms with van der Waals surface area (Å²) in [5.74, 6) is -2.83. The number of rotatable bonds is 5. The van der Waals surface area contributed by atoms with E-state index in [1.165, 1.54) is 6.07 Å². The van der Waals surface area contributed by atoms with Crippen molar-refractivity contribution in [3.63, 3.8) is 0 Å². The first kappa shape index (κ1) is 13.6. The van der Waals surface area contributed by atoms with Crippen molar-refractivity contribution in [3.05, 3.63) is 51.5 Å². The zero-order valence-electron chi connectivity index (χ0n) is 9.69. The predicted molar refractivity (Wildman–Crippen MR) is 66.0 cm³/mol. The number of carboxylic acids is 1. The highest BCUT2D eigenvalue weighted by Gasteiger charge is 2.08. The van der Waals surface area contributed by atoms with Crippen LogP contribution in [-0.4, -0.2) is 16.1 Å². The molecule has 0 aliphatic carbocycles. The van der Waals surface area contributed by atoms with Gasteiger partial charge >= 0.3 is 5.97 Å². The summed E-state index contributed by atoms with van der Waals surface area (Å²) in [7, 11) is 0. The van der Waals surface area contributed by atoms with Gasteiger partial charge in [-0.2, -0.15) is 0 Å². The molecule has 0 bridgehead atoms. The van der Waals surface area contributed by atoms with E-state index in [9.17, 15) is 13.6 Å². The highest BCUT2D eigenvalue weighted by molar-refractivity contribution is 7.11. The van der Waals surface area contributed by atoms with Gasteiger partial charge in [0.2, 0.25) is 5.01 Å². The molecule has 0 aliphatic rings. The smallest absolute Gasteiger partial charge is 0.365 e. The molecular formula is C12H10F2N2O2S. The number of aromatic carboxylic acids is 1. The van der Waals surface area contributed by atoms with Crippen molar-refractivity contribution in [2.75, 3.05) is 0 Å². The first-order valence-corrected chi connectivity index (χ1v) is 6.26. The highest BCUT2D eigenvalue weighted by Crippen LogP contribution is 2.11. The summed E-state index contributed by atoms with van der Waals surface area (Å²) in [5, 5.41) is 13.4. The second-order valence-electron chi connectivity index (χ2n) is 3.80. The molecule has 0 atom stereocenters. The Bertz CT molecular complexity index is 601. The number of aromatic nitrogens is 1. The van der Waals surface area contributed by atoms with E-state index < -0.39 is 17.6 Å². The summed E-state index contributed by atoms with van der Waals surface area (Å²) in [6.07, 6.45) is 0. The Morgan fingerprint density at radius 1 is 1.32 bits per heavy atom. The fourth-order valence-electron chi connectivity index (χ4n) is 1.47. The van der Waals surface area contributed by atoms with Crippen LogP contribution in [0.5, 0.6) is 0 Å². The van der Waals surface area contributed by atoms with Gasteiger partial charge in [0.15, 0.2) is 11.6 Å². The SMILES string of the molecule is O=C(O)c1nc(CNCc2ccc(F)c(F)c2)cs1. The lowest BCUT2D eigenvalue weighted by Crippen LogP contribution is -2.13. The van der Waals surface area contributed by atoms with Crippen molar-refractivity contribution in [1.82, 2.24) is 10.3 Å². The predicted octanol–water partition coefficient (Wildman–Crippen LogP) is 2.41. The first-order valence-electron chi connectivity index (χ1n) is 5.38. The van der Waals surface area contributed by atoms with E-state index in [1.807, 2.05) is 0 Å².